The van der Waals surface area contributed by atoms with Gasteiger partial charge in [0.2, 0.25) is 11.8 Å². The number of carbonyl (C=O) groups is 2. The molecule has 124 valence electrons. The molecule has 1 atom stereocenters. The monoisotopic (exact) mass is 336 g/mol. The van der Waals surface area contributed by atoms with Crippen LogP contribution < -0.4 is 5.32 Å². The average molecular weight is 336 g/mol. The van der Waals surface area contributed by atoms with Gasteiger partial charge in [-0.1, -0.05) is 18.2 Å². The van der Waals surface area contributed by atoms with Crippen molar-refractivity contribution in [1.82, 2.24) is 4.90 Å². The highest BCUT2D eigenvalue weighted by Gasteiger charge is 2.58. The third kappa shape index (κ3) is 3.10. The molecule has 0 bridgehead atoms. The maximum Gasteiger partial charge on any atom is 0.240 e. The number of para-hydroxylation sites is 1. The number of nitrogens with zero attached hydrogens (tertiary/aromatic N) is 1. The minimum absolute atomic E-state index is 0.00831. The van der Waals surface area contributed by atoms with Gasteiger partial charge in [-0.05, 0) is 31.4 Å². The van der Waals surface area contributed by atoms with Crippen molar-refractivity contribution >= 4 is 27.3 Å². The van der Waals surface area contributed by atoms with Gasteiger partial charge in [0.05, 0.1) is 11.5 Å². The van der Waals surface area contributed by atoms with Crippen LogP contribution in [0.4, 0.5) is 5.69 Å². The number of nitrogens with one attached hydrogen (secondary N) is 1. The molecule has 0 spiro atoms. The Hall–Kier alpha value is -1.89. The summed E-state index contributed by atoms with van der Waals surface area (Å²) < 4.78 is 23.2. The van der Waals surface area contributed by atoms with Crippen LogP contribution in [0, 0.1) is 5.41 Å². The molecule has 2 aliphatic rings. The van der Waals surface area contributed by atoms with Gasteiger partial charge in [0, 0.05) is 18.8 Å². The normalized spacial score (nSPS) is 24.0. The van der Waals surface area contributed by atoms with Crippen LogP contribution in [0.2, 0.25) is 0 Å². The minimum atomic E-state index is -3.06. The zero-order chi connectivity index (χ0) is 16.7. The summed E-state index contributed by atoms with van der Waals surface area (Å²) in [6, 6.07) is 8.69. The third-order valence-electron chi connectivity index (χ3n) is 4.70. The molecule has 6 nitrogen and oxygen atoms in total. The van der Waals surface area contributed by atoms with Crippen LogP contribution in [0.1, 0.15) is 19.3 Å². The number of amides is 2. The Kier molecular flexibility index (Phi) is 3.91. The molecule has 0 aromatic heterocycles. The predicted molar refractivity (Wildman–Crippen MR) is 86.6 cm³/mol. The van der Waals surface area contributed by atoms with Gasteiger partial charge in [0.25, 0.3) is 0 Å². The zero-order valence-electron chi connectivity index (χ0n) is 13.0. The molecule has 23 heavy (non-hydrogen) atoms. The first-order chi connectivity index (χ1) is 10.8. The van der Waals surface area contributed by atoms with E-state index in [1.807, 2.05) is 18.2 Å². The highest BCUT2D eigenvalue weighted by Crippen LogP contribution is 2.48. The number of anilines is 1. The Labute approximate surface area is 135 Å². The quantitative estimate of drug-likeness (QED) is 0.833. The van der Waals surface area contributed by atoms with Gasteiger partial charge in [-0.25, -0.2) is 8.42 Å². The molecule has 1 aromatic carbocycles. The summed E-state index contributed by atoms with van der Waals surface area (Å²) >= 11 is 0. The van der Waals surface area contributed by atoms with Gasteiger partial charge < -0.3 is 10.2 Å². The van der Waals surface area contributed by atoms with Crippen LogP contribution in [0.25, 0.3) is 0 Å². The number of hydrogen-bond acceptors (Lipinski definition) is 4. The van der Waals surface area contributed by atoms with E-state index in [0.717, 1.165) is 0 Å². The van der Waals surface area contributed by atoms with Crippen molar-refractivity contribution in [2.24, 2.45) is 5.41 Å². The predicted octanol–water partition coefficient (Wildman–Crippen LogP) is 1.05. The second kappa shape index (κ2) is 5.63. The lowest BCUT2D eigenvalue weighted by atomic mass is 10.0. The largest absolute Gasteiger partial charge is 0.341 e. The van der Waals surface area contributed by atoms with E-state index in [1.165, 1.54) is 4.90 Å². The lowest BCUT2D eigenvalue weighted by molar-refractivity contribution is -0.142. The van der Waals surface area contributed by atoms with Crippen molar-refractivity contribution in [2.45, 2.75) is 25.3 Å². The summed E-state index contributed by atoms with van der Waals surface area (Å²) in [5.74, 6) is -0.473. The molecular weight excluding hydrogens is 316 g/mol. The lowest BCUT2D eigenvalue weighted by Crippen LogP contribution is -2.46. The van der Waals surface area contributed by atoms with E-state index in [0.29, 0.717) is 24.9 Å². The topological polar surface area (TPSA) is 83.6 Å². The maximum atomic E-state index is 12.7. The van der Waals surface area contributed by atoms with Crippen LogP contribution in [-0.4, -0.2) is 49.7 Å². The molecule has 2 fully saturated rings. The molecule has 1 saturated carbocycles. The molecule has 7 heteroatoms. The molecule has 2 amide bonds. The van der Waals surface area contributed by atoms with E-state index in [-0.39, 0.29) is 29.4 Å². The summed E-state index contributed by atoms with van der Waals surface area (Å²) in [6.07, 6.45) is 1.46. The van der Waals surface area contributed by atoms with Crippen LogP contribution >= 0.6 is 0 Å². The van der Waals surface area contributed by atoms with Crippen molar-refractivity contribution in [3.05, 3.63) is 30.3 Å². The first-order valence-electron chi connectivity index (χ1n) is 7.68. The summed E-state index contributed by atoms with van der Waals surface area (Å²) in [4.78, 5) is 26.7. The standard InChI is InChI=1S/C16H20N2O4S/c1-18(13-7-10-23(21,22)11-13)15(20)16(8-9-16)14(19)17-12-5-3-2-4-6-12/h2-6,13H,7-11H2,1H3,(H,17,19). The van der Waals surface area contributed by atoms with E-state index in [4.69, 9.17) is 0 Å². The fourth-order valence-corrected chi connectivity index (χ4v) is 4.79. The molecule has 1 aliphatic heterocycles. The molecule has 3 rings (SSSR count). The fourth-order valence-electron chi connectivity index (χ4n) is 3.02. The van der Waals surface area contributed by atoms with Gasteiger partial charge >= 0.3 is 0 Å². The molecule has 1 aliphatic carbocycles. The van der Waals surface area contributed by atoms with Crippen molar-refractivity contribution < 1.29 is 18.0 Å². The highest BCUT2D eigenvalue weighted by atomic mass is 32.2. The molecule has 1 saturated heterocycles. The molecule has 1 heterocycles. The van der Waals surface area contributed by atoms with E-state index in [2.05, 4.69) is 5.32 Å². The van der Waals surface area contributed by atoms with Gasteiger partial charge in [-0.2, -0.15) is 0 Å². The Morgan fingerprint density at radius 1 is 1.22 bits per heavy atom. The zero-order valence-corrected chi connectivity index (χ0v) is 13.8. The van der Waals surface area contributed by atoms with Crippen molar-refractivity contribution in [1.29, 1.82) is 0 Å². The number of benzene rings is 1. The molecule has 1 N–H and O–H groups in total. The van der Waals surface area contributed by atoms with Gasteiger partial charge in [-0.3, -0.25) is 9.59 Å². The first kappa shape index (κ1) is 16.0. The van der Waals surface area contributed by atoms with Crippen LogP contribution in [0.3, 0.4) is 0 Å². The van der Waals surface area contributed by atoms with Gasteiger partial charge in [0.1, 0.15) is 5.41 Å². The first-order valence-corrected chi connectivity index (χ1v) is 9.50. The smallest absolute Gasteiger partial charge is 0.240 e. The molecule has 1 aromatic rings. The van der Waals surface area contributed by atoms with Crippen molar-refractivity contribution in [2.75, 3.05) is 23.9 Å². The third-order valence-corrected chi connectivity index (χ3v) is 6.45. The fraction of sp³-hybridized carbons (Fsp3) is 0.500. The maximum absolute atomic E-state index is 12.7. The SMILES string of the molecule is CN(C(=O)C1(C(=O)Nc2ccccc2)CC1)C1CCS(=O)(=O)C1. The van der Waals surface area contributed by atoms with E-state index < -0.39 is 15.3 Å². The Morgan fingerprint density at radius 2 is 1.87 bits per heavy atom. The highest BCUT2D eigenvalue weighted by molar-refractivity contribution is 7.91. The van der Waals surface area contributed by atoms with Crippen molar-refractivity contribution in [3.8, 4) is 0 Å². The lowest BCUT2D eigenvalue weighted by Gasteiger charge is -2.27. The summed E-state index contributed by atoms with van der Waals surface area (Å²) in [5.41, 5.74) is -0.376. The number of hydrogen-bond donors (Lipinski definition) is 1. The summed E-state index contributed by atoms with van der Waals surface area (Å²) in [7, 11) is -1.46. The van der Waals surface area contributed by atoms with Crippen LogP contribution in [0.15, 0.2) is 30.3 Å². The van der Waals surface area contributed by atoms with E-state index in [9.17, 15) is 18.0 Å². The molecule has 1 unspecified atom stereocenters. The Balaban J connectivity index is 1.70. The van der Waals surface area contributed by atoms with Crippen LogP contribution in [-0.2, 0) is 19.4 Å². The van der Waals surface area contributed by atoms with E-state index >= 15 is 0 Å². The van der Waals surface area contributed by atoms with Gasteiger partial charge in [-0.15, -0.1) is 0 Å². The van der Waals surface area contributed by atoms with Crippen LogP contribution in [0.5, 0.6) is 0 Å². The Bertz CT molecular complexity index is 726. The Morgan fingerprint density at radius 3 is 2.39 bits per heavy atom. The number of rotatable bonds is 4. The molecular formula is C16H20N2O4S. The average Bonchev–Trinajstić information content (AvgIpc) is 3.26. The summed E-state index contributed by atoms with van der Waals surface area (Å²) in [5, 5.41) is 2.78. The van der Waals surface area contributed by atoms with E-state index in [1.54, 1.807) is 19.2 Å². The summed E-state index contributed by atoms with van der Waals surface area (Å²) in [6.45, 7) is 0. The van der Waals surface area contributed by atoms with Crippen molar-refractivity contribution in [3.63, 3.8) is 0 Å². The molecule has 0 radical (unpaired) electrons. The second-order valence-corrected chi connectivity index (χ2v) is 8.60. The number of sulfone groups is 1. The van der Waals surface area contributed by atoms with Gasteiger partial charge in [0.15, 0.2) is 9.84 Å². The number of carbonyl (C=O) groups excluding carboxylic acids is 2. The second-order valence-electron chi connectivity index (χ2n) is 6.38. The minimum Gasteiger partial charge on any atom is -0.341 e.